The number of aryl methyl sites for hydroxylation is 1. The maximum Gasteiger partial charge on any atom is 0.257 e. The molecule has 31 heavy (non-hydrogen) atoms. The highest BCUT2D eigenvalue weighted by Gasteiger charge is 2.20. The van der Waals surface area contributed by atoms with Gasteiger partial charge < -0.3 is 9.47 Å². The Labute approximate surface area is 180 Å². The molecule has 1 saturated heterocycles. The van der Waals surface area contributed by atoms with Crippen LogP contribution in [0.2, 0.25) is 0 Å². The molecular weight excluding hydrogens is 390 g/mol. The van der Waals surface area contributed by atoms with Crippen molar-refractivity contribution < 1.29 is 9.59 Å². The van der Waals surface area contributed by atoms with Gasteiger partial charge in [-0.3, -0.25) is 14.9 Å². The van der Waals surface area contributed by atoms with Gasteiger partial charge in [0.05, 0.1) is 23.5 Å². The molecule has 4 rings (SSSR count). The highest BCUT2D eigenvalue weighted by atomic mass is 16.2. The lowest BCUT2D eigenvalue weighted by atomic mass is 10.0. The van der Waals surface area contributed by atoms with Gasteiger partial charge in [0.25, 0.3) is 5.91 Å². The maximum atomic E-state index is 12.8. The molecule has 1 N–H and O–H groups in total. The molecule has 2 aromatic carbocycles. The fourth-order valence-corrected chi connectivity index (χ4v) is 3.82. The van der Waals surface area contributed by atoms with Crippen LogP contribution < -0.4 is 5.32 Å². The summed E-state index contributed by atoms with van der Waals surface area (Å²) in [5, 5.41) is 12.0. The van der Waals surface area contributed by atoms with Crippen LogP contribution in [-0.4, -0.2) is 32.8 Å². The average Bonchev–Trinajstić information content (AvgIpc) is 3.33. The largest absolute Gasteiger partial charge is 0.338 e. The maximum absolute atomic E-state index is 12.8. The quantitative estimate of drug-likeness (QED) is 0.691. The first kappa shape index (κ1) is 20.4. The first-order valence-corrected chi connectivity index (χ1v) is 10.2. The van der Waals surface area contributed by atoms with Gasteiger partial charge in [0, 0.05) is 37.7 Å². The molecule has 1 fully saturated rings. The predicted molar refractivity (Wildman–Crippen MR) is 117 cm³/mol. The van der Waals surface area contributed by atoms with Gasteiger partial charge in [-0.25, -0.2) is 4.98 Å². The summed E-state index contributed by atoms with van der Waals surface area (Å²) in [6.45, 7) is 3.18. The summed E-state index contributed by atoms with van der Waals surface area (Å²) in [6.07, 6.45) is 3.19. The van der Waals surface area contributed by atoms with E-state index in [1.165, 1.54) is 0 Å². The number of nitrogens with one attached hydrogen (secondary N) is 1. The Kier molecular flexibility index (Phi) is 5.54. The Morgan fingerprint density at radius 3 is 2.81 bits per heavy atom. The van der Waals surface area contributed by atoms with E-state index in [-0.39, 0.29) is 11.8 Å². The molecule has 0 aliphatic carbocycles. The SMILES string of the molecule is Cc1cc(-c2cnc(NC(=O)c3cccc(CN4CCCC4=O)c3)n2C)ccc1C#N. The van der Waals surface area contributed by atoms with E-state index in [1.54, 1.807) is 18.3 Å². The van der Waals surface area contributed by atoms with Crippen LogP contribution in [0.1, 0.15) is 39.9 Å². The van der Waals surface area contributed by atoms with Crippen molar-refractivity contribution in [1.29, 1.82) is 5.26 Å². The van der Waals surface area contributed by atoms with Gasteiger partial charge >= 0.3 is 0 Å². The molecule has 0 unspecified atom stereocenters. The Morgan fingerprint density at radius 2 is 2.10 bits per heavy atom. The number of nitrogens with zero attached hydrogens (tertiary/aromatic N) is 4. The molecule has 2 amide bonds. The number of likely N-dealkylation sites (tertiary alicyclic amines) is 1. The molecule has 1 aliphatic heterocycles. The number of nitriles is 1. The molecule has 1 aromatic heterocycles. The number of rotatable bonds is 5. The van der Waals surface area contributed by atoms with Gasteiger partial charge in [0.2, 0.25) is 11.9 Å². The third kappa shape index (κ3) is 4.19. The van der Waals surface area contributed by atoms with E-state index in [4.69, 9.17) is 5.26 Å². The third-order valence-corrected chi connectivity index (χ3v) is 5.59. The zero-order valence-electron chi connectivity index (χ0n) is 17.6. The number of carbonyl (C=O) groups is 2. The molecular formula is C24H23N5O2. The van der Waals surface area contributed by atoms with Gasteiger partial charge in [-0.1, -0.05) is 18.2 Å². The van der Waals surface area contributed by atoms with E-state index in [9.17, 15) is 9.59 Å². The van der Waals surface area contributed by atoms with E-state index < -0.39 is 0 Å². The van der Waals surface area contributed by atoms with Crippen LogP contribution in [0.3, 0.4) is 0 Å². The first-order chi connectivity index (χ1) is 15.0. The minimum Gasteiger partial charge on any atom is -0.338 e. The first-order valence-electron chi connectivity index (χ1n) is 10.2. The van der Waals surface area contributed by atoms with Crippen LogP contribution in [0.4, 0.5) is 5.95 Å². The molecule has 3 aromatic rings. The van der Waals surface area contributed by atoms with Crippen molar-refractivity contribution in [3.05, 3.63) is 70.9 Å². The highest BCUT2D eigenvalue weighted by molar-refractivity contribution is 6.03. The molecule has 0 spiro atoms. The summed E-state index contributed by atoms with van der Waals surface area (Å²) in [7, 11) is 1.83. The highest BCUT2D eigenvalue weighted by Crippen LogP contribution is 2.24. The number of imidazole rings is 1. The van der Waals surface area contributed by atoms with E-state index in [0.29, 0.717) is 30.0 Å². The smallest absolute Gasteiger partial charge is 0.257 e. The van der Waals surface area contributed by atoms with E-state index >= 15 is 0 Å². The van der Waals surface area contributed by atoms with Gasteiger partial charge in [0.1, 0.15) is 0 Å². The number of amides is 2. The van der Waals surface area contributed by atoms with Gasteiger partial charge in [-0.05, 0) is 48.7 Å². The zero-order valence-corrected chi connectivity index (χ0v) is 17.6. The number of carbonyl (C=O) groups excluding carboxylic acids is 2. The molecule has 7 heteroatoms. The number of benzene rings is 2. The van der Waals surface area contributed by atoms with Crippen molar-refractivity contribution in [2.45, 2.75) is 26.3 Å². The van der Waals surface area contributed by atoms with Crippen LogP contribution >= 0.6 is 0 Å². The monoisotopic (exact) mass is 413 g/mol. The molecule has 2 heterocycles. The van der Waals surface area contributed by atoms with E-state index in [0.717, 1.165) is 35.3 Å². The van der Waals surface area contributed by atoms with Gasteiger partial charge in [-0.15, -0.1) is 0 Å². The normalized spacial score (nSPS) is 13.3. The summed E-state index contributed by atoms with van der Waals surface area (Å²) >= 11 is 0. The van der Waals surface area contributed by atoms with Crippen LogP contribution in [0.15, 0.2) is 48.7 Å². The molecule has 0 bridgehead atoms. The predicted octanol–water partition coefficient (Wildman–Crippen LogP) is 3.64. The van der Waals surface area contributed by atoms with Crippen LogP contribution in [0, 0.1) is 18.3 Å². The molecule has 0 atom stereocenters. The minimum atomic E-state index is -0.258. The van der Waals surface area contributed by atoms with Crippen molar-refractivity contribution in [3.63, 3.8) is 0 Å². The second-order valence-corrected chi connectivity index (χ2v) is 7.74. The van der Waals surface area contributed by atoms with Gasteiger partial charge in [-0.2, -0.15) is 5.26 Å². The lowest BCUT2D eigenvalue weighted by molar-refractivity contribution is -0.128. The fraction of sp³-hybridized carbons (Fsp3) is 0.250. The standard InChI is InChI=1S/C24H23N5O2/c1-16-11-18(8-9-20(16)13-25)21-14-26-24(28(21)2)27-23(31)19-6-3-5-17(12-19)15-29-10-4-7-22(29)30/h3,5-6,8-9,11-12,14H,4,7,10,15H2,1-2H3,(H,26,27,31). The second-order valence-electron chi connectivity index (χ2n) is 7.74. The third-order valence-electron chi connectivity index (χ3n) is 5.59. The average molecular weight is 413 g/mol. The lowest BCUT2D eigenvalue weighted by Crippen LogP contribution is -2.24. The summed E-state index contributed by atoms with van der Waals surface area (Å²) in [4.78, 5) is 30.9. The van der Waals surface area contributed by atoms with Gasteiger partial charge in [0.15, 0.2) is 0 Å². The van der Waals surface area contributed by atoms with Crippen LogP contribution in [-0.2, 0) is 18.4 Å². The van der Waals surface area contributed by atoms with Crippen LogP contribution in [0.25, 0.3) is 11.3 Å². The van der Waals surface area contributed by atoms with Crippen molar-refractivity contribution in [2.75, 3.05) is 11.9 Å². The molecule has 0 saturated carbocycles. The van der Waals surface area contributed by atoms with Crippen molar-refractivity contribution in [2.24, 2.45) is 7.05 Å². The van der Waals surface area contributed by atoms with E-state index in [2.05, 4.69) is 16.4 Å². The Bertz CT molecular complexity index is 1200. The molecule has 156 valence electrons. The van der Waals surface area contributed by atoms with Crippen molar-refractivity contribution in [3.8, 4) is 17.3 Å². The number of hydrogen-bond donors (Lipinski definition) is 1. The number of aromatic nitrogens is 2. The fourth-order valence-electron chi connectivity index (χ4n) is 3.82. The van der Waals surface area contributed by atoms with Crippen LogP contribution in [0.5, 0.6) is 0 Å². The molecule has 1 aliphatic rings. The van der Waals surface area contributed by atoms with Crippen molar-refractivity contribution >= 4 is 17.8 Å². The molecule has 7 nitrogen and oxygen atoms in total. The number of anilines is 1. The Morgan fingerprint density at radius 1 is 1.26 bits per heavy atom. The van der Waals surface area contributed by atoms with Crippen molar-refractivity contribution in [1.82, 2.24) is 14.5 Å². The zero-order chi connectivity index (χ0) is 22.0. The molecule has 0 radical (unpaired) electrons. The summed E-state index contributed by atoms with van der Waals surface area (Å²) in [5.41, 5.74) is 4.72. The Hall–Kier alpha value is -3.92. The topological polar surface area (TPSA) is 91.0 Å². The Balaban J connectivity index is 1.51. The summed E-state index contributed by atoms with van der Waals surface area (Å²) in [6, 6.07) is 15.1. The summed E-state index contributed by atoms with van der Waals surface area (Å²) < 4.78 is 1.81. The second kappa shape index (κ2) is 8.44. The minimum absolute atomic E-state index is 0.161. The van der Waals surface area contributed by atoms with E-state index in [1.807, 2.05) is 53.8 Å². The lowest BCUT2D eigenvalue weighted by Gasteiger charge is -2.16. The summed E-state index contributed by atoms with van der Waals surface area (Å²) in [5.74, 6) is 0.335. The number of hydrogen-bond acceptors (Lipinski definition) is 4.